The number of amides is 2. The van der Waals surface area contributed by atoms with Crippen LogP contribution in [-0.2, 0) is 4.79 Å². The van der Waals surface area contributed by atoms with Gasteiger partial charge in [0, 0.05) is 23.8 Å². The van der Waals surface area contributed by atoms with Crippen LogP contribution in [0.25, 0.3) is 6.08 Å². The molecule has 0 N–H and O–H groups in total. The molecule has 28 heavy (non-hydrogen) atoms. The van der Waals surface area contributed by atoms with Gasteiger partial charge in [0.1, 0.15) is 0 Å². The van der Waals surface area contributed by atoms with Crippen LogP contribution in [0.2, 0.25) is 0 Å². The van der Waals surface area contributed by atoms with Gasteiger partial charge in [-0.3, -0.25) is 14.5 Å². The Morgan fingerprint density at radius 3 is 2.64 bits per heavy atom. The van der Waals surface area contributed by atoms with Crippen LogP contribution in [-0.4, -0.2) is 34.2 Å². The second kappa shape index (κ2) is 7.94. The van der Waals surface area contributed by atoms with Gasteiger partial charge in [-0.2, -0.15) is 0 Å². The summed E-state index contributed by atoms with van der Waals surface area (Å²) in [6, 6.07) is 6.40. The lowest BCUT2D eigenvalue weighted by atomic mass is 9.79. The lowest BCUT2D eigenvalue weighted by Gasteiger charge is -2.47. The number of hydrogen-bond donors (Lipinski definition) is 0. The number of nitrogens with zero attached hydrogens (tertiary/aromatic N) is 2. The zero-order valence-electron chi connectivity index (χ0n) is 17.9. The van der Waals surface area contributed by atoms with Gasteiger partial charge in [-0.05, 0) is 87.0 Å². The molecule has 2 aliphatic rings. The minimum Gasteiger partial charge on any atom is -0.366 e. The highest BCUT2D eigenvalue weighted by molar-refractivity contribution is 8.18. The van der Waals surface area contributed by atoms with Gasteiger partial charge in [0.15, 0.2) is 0 Å². The van der Waals surface area contributed by atoms with Crippen molar-refractivity contribution >= 4 is 34.7 Å². The van der Waals surface area contributed by atoms with E-state index in [2.05, 4.69) is 50.8 Å². The van der Waals surface area contributed by atoms with E-state index >= 15 is 0 Å². The van der Waals surface area contributed by atoms with Gasteiger partial charge in [0.25, 0.3) is 11.1 Å². The predicted octanol–water partition coefficient (Wildman–Crippen LogP) is 6.02. The predicted molar refractivity (Wildman–Crippen MR) is 119 cm³/mol. The molecule has 3 rings (SSSR count). The fourth-order valence-corrected chi connectivity index (χ4v) is 5.37. The molecule has 5 heteroatoms. The first-order chi connectivity index (χ1) is 13.2. The number of fused-ring (bicyclic) bond motifs is 1. The lowest BCUT2D eigenvalue weighted by Crippen LogP contribution is -2.48. The molecule has 0 aromatic heterocycles. The van der Waals surface area contributed by atoms with Gasteiger partial charge in [-0.15, -0.1) is 0 Å². The fourth-order valence-electron chi connectivity index (χ4n) is 4.44. The maximum absolute atomic E-state index is 12.7. The number of thioether (sulfide) groups is 1. The van der Waals surface area contributed by atoms with E-state index in [0.717, 1.165) is 43.1 Å². The van der Waals surface area contributed by atoms with Crippen LogP contribution in [0.3, 0.4) is 0 Å². The van der Waals surface area contributed by atoms with Crippen LogP contribution in [0.15, 0.2) is 23.1 Å². The third-order valence-electron chi connectivity index (χ3n) is 6.01. The Kier molecular flexibility index (Phi) is 5.95. The molecule has 0 radical (unpaired) electrons. The standard InChI is InChI=1S/C23H32N2O2S/c1-7-11-24-19-10-9-17(12-18(19)15(3)14-23(24,5)6)13-20-21(26)25(16(4)8-2)22(27)28-20/h9-10,12-13,15-16H,7-8,11,14H2,1-6H3/b20-13-. The van der Waals surface area contributed by atoms with Crippen molar-refractivity contribution in [3.63, 3.8) is 0 Å². The van der Waals surface area contributed by atoms with Crippen molar-refractivity contribution in [2.24, 2.45) is 0 Å². The molecule has 2 unspecified atom stereocenters. The van der Waals surface area contributed by atoms with Crippen LogP contribution in [0.1, 0.15) is 77.8 Å². The molecule has 0 spiro atoms. The summed E-state index contributed by atoms with van der Waals surface area (Å²) in [5, 5.41) is -0.159. The maximum atomic E-state index is 12.7. The summed E-state index contributed by atoms with van der Waals surface area (Å²) in [5.74, 6) is 0.297. The van der Waals surface area contributed by atoms with Gasteiger partial charge < -0.3 is 4.90 Å². The zero-order valence-corrected chi connectivity index (χ0v) is 18.7. The second-order valence-electron chi connectivity index (χ2n) is 8.70. The second-order valence-corrected chi connectivity index (χ2v) is 9.69. The summed E-state index contributed by atoms with van der Waals surface area (Å²) in [6.45, 7) is 14.1. The maximum Gasteiger partial charge on any atom is 0.293 e. The first kappa shape index (κ1) is 21.0. The minimum atomic E-state index is -0.163. The smallest absolute Gasteiger partial charge is 0.293 e. The average Bonchev–Trinajstić information content (AvgIpc) is 2.91. The SMILES string of the molecule is CCCN1c2ccc(/C=C3\SC(=O)N(C(C)CC)C3=O)cc2C(C)CC1(C)C. The zero-order chi connectivity index (χ0) is 20.6. The fraction of sp³-hybridized carbons (Fsp3) is 0.565. The number of benzene rings is 1. The van der Waals surface area contributed by atoms with Gasteiger partial charge in [0.2, 0.25) is 0 Å². The third-order valence-corrected chi connectivity index (χ3v) is 6.89. The Labute approximate surface area is 173 Å². The minimum absolute atomic E-state index is 0.0632. The van der Waals surface area contributed by atoms with Crippen molar-refractivity contribution in [1.29, 1.82) is 0 Å². The van der Waals surface area contributed by atoms with Crippen molar-refractivity contribution in [3.8, 4) is 0 Å². The Morgan fingerprint density at radius 1 is 1.29 bits per heavy atom. The molecule has 1 aromatic rings. The Bertz CT molecular complexity index is 815. The molecule has 0 aliphatic carbocycles. The molecule has 2 heterocycles. The summed E-state index contributed by atoms with van der Waals surface area (Å²) < 4.78 is 0. The first-order valence-corrected chi connectivity index (χ1v) is 11.2. The summed E-state index contributed by atoms with van der Waals surface area (Å²) in [6.07, 6.45) is 4.87. The van der Waals surface area contributed by atoms with Crippen molar-refractivity contribution in [2.75, 3.05) is 11.4 Å². The van der Waals surface area contributed by atoms with E-state index in [1.165, 1.54) is 16.2 Å². The molecule has 0 saturated carbocycles. The molecule has 152 valence electrons. The normalized spacial score (nSPS) is 24.1. The van der Waals surface area contributed by atoms with Crippen molar-refractivity contribution < 1.29 is 9.59 Å². The van der Waals surface area contributed by atoms with E-state index in [0.29, 0.717) is 10.8 Å². The monoisotopic (exact) mass is 400 g/mol. The molecular weight excluding hydrogens is 368 g/mol. The Balaban J connectivity index is 1.94. The average molecular weight is 401 g/mol. The summed E-state index contributed by atoms with van der Waals surface area (Å²) in [4.78, 5) is 29.4. The topological polar surface area (TPSA) is 40.6 Å². The summed E-state index contributed by atoms with van der Waals surface area (Å²) in [5.41, 5.74) is 3.78. The highest BCUT2D eigenvalue weighted by atomic mass is 32.2. The van der Waals surface area contributed by atoms with E-state index in [1.54, 1.807) is 0 Å². The molecule has 4 nitrogen and oxygen atoms in total. The number of carbonyl (C=O) groups excluding carboxylic acids is 2. The first-order valence-electron chi connectivity index (χ1n) is 10.4. The van der Waals surface area contributed by atoms with E-state index in [1.807, 2.05) is 19.9 Å². The van der Waals surface area contributed by atoms with Crippen LogP contribution in [0, 0.1) is 0 Å². The molecule has 1 saturated heterocycles. The number of rotatable bonds is 5. The lowest BCUT2D eigenvalue weighted by molar-refractivity contribution is -0.124. The van der Waals surface area contributed by atoms with Gasteiger partial charge in [-0.25, -0.2) is 0 Å². The Hall–Kier alpha value is -1.75. The Morgan fingerprint density at radius 2 is 2.00 bits per heavy atom. The van der Waals surface area contributed by atoms with E-state index < -0.39 is 0 Å². The molecule has 1 fully saturated rings. The third kappa shape index (κ3) is 3.73. The van der Waals surface area contributed by atoms with Crippen molar-refractivity contribution in [3.05, 3.63) is 34.2 Å². The quantitative estimate of drug-likeness (QED) is 0.566. The van der Waals surface area contributed by atoms with Crippen LogP contribution in [0.5, 0.6) is 0 Å². The van der Waals surface area contributed by atoms with Gasteiger partial charge in [-0.1, -0.05) is 26.8 Å². The molecule has 2 amide bonds. The highest BCUT2D eigenvalue weighted by Crippen LogP contribution is 2.44. The molecule has 2 atom stereocenters. The largest absolute Gasteiger partial charge is 0.366 e. The van der Waals surface area contributed by atoms with Gasteiger partial charge >= 0.3 is 0 Å². The number of imide groups is 1. The molecule has 2 aliphatic heterocycles. The van der Waals surface area contributed by atoms with E-state index in [4.69, 9.17) is 0 Å². The number of anilines is 1. The van der Waals surface area contributed by atoms with Crippen molar-refractivity contribution in [2.45, 2.75) is 78.3 Å². The molecule has 1 aromatic carbocycles. The van der Waals surface area contributed by atoms with E-state index in [-0.39, 0.29) is 22.7 Å². The van der Waals surface area contributed by atoms with Crippen LogP contribution in [0.4, 0.5) is 10.5 Å². The molecule has 0 bridgehead atoms. The number of carbonyl (C=O) groups is 2. The van der Waals surface area contributed by atoms with E-state index in [9.17, 15) is 9.59 Å². The summed E-state index contributed by atoms with van der Waals surface area (Å²) in [7, 11) is 0. The van der Waals surface area contributed by atoms with Crippen molar-refractivity contribution in [1.82, 2.24) is 4.90 Å². The number of hydrogen-bond acceptors (Lipinski definition) is 4. The summed E-state index contributed by atoms with van der Waals surface area (Å²) >= 11 is 1.06. The van der Waals surface area contributed by atoms with Gasteiger partial charge in [0.05, 0.1) is 4.91 Å². The highest BCUT2D eigenvalue weighted by Gasteiger charge is 2.38. The van der Waals surface area contributed by atoms with Crippen LogP contribution >= 0.6 is 11.8 Å². The molecular formula is C23H32N2O2S. The van der Waals surface area contributed by atoms with Crippen LogP contribution < -0.4 is 4.90 Å².